The number of carboxylic acids is 1. The Hall–Kier alpha value is -1.81. The lowest BCUT2D eigenvalue weighted by Gasteiger charge is -2.70. The zero-order valence-corrected chi connectivity index (χ0v) is 32.4. The smallest absolute Gasteiger partial charge is 0.308 e. The van der Waals surface area contributed by atoms with Crippen LogP contribution in [0.2, 0.25) is 0 Å². The van der Waals surface area contributed by atoms with Crippen molar-refractivity contribution >= 4 is 17.7 Å². The first-order valence-electron chi connectivity index (χ1n) is 18.8. The summed E-state index contributed by atoms with van der Waals surface area (Å²) in [5.74, 6) is -1.47. The van der Waals surface area contributed by atoms with Gasteiger partial charge in [0.15, 0.2) is 5.78 Å². The molecule has 0 aromatic rings. The highest BCUT2D eigenvalue weighted by molar-refractivity contribution is 6.00. The number of hydrogen-bond acceptors (Lipinski definition) is 8. The van der Waals surface area contributed by atoms with Crippen LogP contribution in [0.5, 0.6) is 0 Å². The van der Waals surface area contributed by atoms with E-state index in [1.165, 1.54) is 6.92 Å². The fraction of sp³-hybridized carbons (Fsp3) is 0.875. The Kier molecular flexibility index (Phi) is 10.4. The van der Waals surface area contributed by atoms with Crippen LogP contribution in [-0.2, 0) is 33.3 Å². The molecular formula is C40H65NO8. The van der Waals surface area contributed by atoms with Gasteiger partial charge in [-0.15, -0.1) is 0 Å². The van der Waals surface area contributed by atoms with Crippen LogP contribution in [0.4, 0.5) is 0 Å². The van der Waals surface area contributed by atoms with E-state index < -0.39 is 51.2 Å². The first-order chi connectivity index (χ1) is 22.7. The molecule has 278 valence electrons. The van der Waals surface area contributed by atoms with Crippen LogP contribution < -0.4 is 0 Å². The maximum absolute atomic E-state index is 14.9. The summed E-state index contributed by atoms with van der Waals surface area (Å²) in [7, 11) is 4.04. The van der Waals surface area contributed by atoms with Crippen molar-refractivity contribution in [1.82, 2.24) is 4.90 Å². The van der Waals surface area contributed by atoms with Crippen LogP contribution in [0.25, 0.3) is 0 Å². The Morgan fingerprint density at radius 1 is 1.02 bits per heavy atom. The van der Waals surface area contributed by atoms with Crippen LogP contribution >= 0.6 is 0 Å². The fourth-order valence-electron chi connectivity index (χ4n) is 11.8. The summed E-state index contributed by atoms with van der Waals surface area (Å²) >= 11 is 0. The van der Waals surface area contributed by atoms with Crippen LogP contribution in [0, 0.1) is 56.7 Å². The summed E-state index contributed by atoms with van der Waals surface area (Å²) in [6.07, 6.45) is 4.91. The Morgan fingerprint density at radius 2 is 1.69 bits per heavy atom. The van der Waals surface area contributed by atoms with Gasteiger partial charge in [0.2, 0.25) is 0 Å². The third-order valence-electron chi connectivity index (χ3n) is 15.1. The van der Waals surface area contributed by atoms with Crippen molar-refractivity contribution in [3.05, 3.63) is 11.6 Å². The predicted molar refractivity (Wildman–Crippen MR) is 188 cm³/mol. The number of allylic oxidation sites excluding steroid dienone is 1. The van der Waals surface area contributed by atoms with Gasteiger partial charge in [-0.2, -0.15) is 0 Å². The molecular weight excluding hydrogens is 622 g/mol. The van der Waals surface area contributed by atoms with E-state index in [4.69, 9.17) is 18.9 Å². The van der Waals surface area contributed by atoms with Crippen molar-refractivity contribution in [2.45, 2.75) is 126 Å². The second kappa shape index (κ2) is 13.3. The third-order valence-corrected chi connectivity index (χ3v) is 15.1. The van der Waals surface area contributed by atoms with Gasteiger partial charge < -0.3 is 29.0 Å². The number of fused-ring (bicyclic) bond motifs is 3. The maximum Gasteiger partial charge on any atom is 0.308 e. The largest absolute Gasteiger partial charge is 0.481 e. The van der Waals surface area contributed by atoms with E-state index in [2.05, 4.69) is 46.4 Å². The molecule has 49 heavy (non-hydrogen) atoms. The lowest BCUT2D eigenvalue weighted by molar-refractivity contribution is -0.267. The molecule has 4 fully saturated rings. The second-order valence-electron chi connectivity index (χ2n) is 18.3. The second-order valence-corrected chi connectivity index (χ2v) is 18.3. The number of aliphatic carboxylic acids is 1. The Balaban J connectivity index is 1.57. The molecule has 4 aliphatic carbocycles. The van der Waals surface area contributed by atoms with Gasteiger partial charge in [0.05, 0.1) is 44.5 Å². The van der Waals surface area contributed by atoms with Crippen LogP contribution in [-0.4, -0.2) is 92.6 Å². The number of esters is 1. The summed E-state index contributed by atoms with van der Waals surface area (Å²) in [6, 6.07) is 0.0183. The molecule has 0 spiro atoms. The highest BCUT2D eigenvalue weighted by Gasteiger charge is 2.74. The zero-order valence-electron chi connectivity index (χ0n) is 32.4. The average Bonchev–Trinajstić information content (AvgIpc) is 2.98. The van der Waals surface area contributed by atoms with E-state index >= 15 is 0 Å². The quantitative estimate of drug-likeness (QED) is 0.246. The monoisotopic (exact) mass is 687 g/mol. The van der Waals surface area contributed by atoms with E-state index in [-0.39, 0.29) is 41.7 Å². The number of carbonyl (C=O) groups excluding carboxylic acids is 2. The van der Waals surface area contributed by atoms with Crippen molar-refractivity contribution in [1.29, 1.82) is 0 Å². The molecule has 0 amide bonds. The van der Waals surface area contributed by atoms with Gasteiger partial charge in [0.25, 0.3) is 0 Å². The summed E-state index contributed by atoms with van der Waals surface area (Å²) in [6.45, 7) is 22.4. The lowest BCUT2D eigenvalue weighted by atomic mass is 9.34. The van der Waals surface area contributed by atoms with Gasteiger partial charge in [0.1, 0.15) is 12.2 Å². The minimum atomic E-state index is -1.06. The van der Waals surface area contributed by atoms with Crippen molar-refractivity contribution in [3.8, 4) is 0 Å². The Morgan fingerprint density at radius 3 is 2.27 bits per heavy atom. The molecule has 2 bridgehead atoms. The molecule has 1 saturated heterocycles. The lowest BCUT2D eigenvalue weighted by Crippen LogP contribution is -2.71. The van der Waals surface area contributed by atoms with Crippen molar-refractivity contribution in [2.75, 3.05) is 40.5 Å². The molecule has 3 saturated carbocycles. The first kappa shape index (κ1) is 38.4. The minimum absolute atomic E-state index is 0.0183. The zero-order chi connectivity index (χ0) is 36.5. The van der Waals surface area contributed by atoms with Gasteiger partial charge >= 0.3 is 11.9 Å². The number of ketones is 1. The van der Waals surface area contributed by atoms with Gasteiger partial charge in [-0.3, -0.25) is 14.4 Å². The highest BCUT2D eigenvalue weighted by Crippen LogP contribution is 2.74. The van der Waals surface area contributed by atoms with Crippen LogP contribution in [0.3, 0.4) is 0 Å². The number of likely N-dealkylation sites (N-methyl/N-ethyl adjacent to an activating group) is 1. The van der Waals surface area contributed by atoms with Crippen molar-refractivity contribution in [3.63, 3.8) is 0 Å². The van der Waals surface area contributed by atoms with E-state index in [9.17, 15) is 19.5 Å². The standard InChI is InChI=1S/C40H65NO8/c1-23(2)25(5)36(7)15-16-38(9)28-13-14-31-37(8)21-46-22-40(31,29(28)17-32(43)39(38,10)33(36)35(44)45)18-30(49-26(6)42)34(37)48-20-27(41(11)12)19-47-24(3)4/h17,23-25,27-28,30-31,33-34H,13-16,18-22H2,1-12H3,(H,44,45)/t25-,27?,28+,30-,31+,33-,34+,36-,37?,38-,39+,40+/m1/s1. The number of nitrogens with zero attached hydrogens (tertiary/aromatic N) is 1. The molecule has 1 heterocycles. The van der Waals surface area contributed by atoms with Gasteiger partial charge in [-0.25, -0.2) is 0 Å². The molecule has 2 unspecified atom stereocenters. The molecule has 1 N–H and O–H groups in total. The summed E-state index contributed by atoms with van der Waals surface area (Å²) < 4.78 is 25.5. The molecule has 12 atom stereocenters. The maximum atomic E-state index is 14.9. The summed E-state index contributed by atoms with van der Waals surface area (Å²) in [4.78, 5) is 43.1. The molecule has 0 radical (unpaired) electrons. The summed E-state index contributed by atoms with van der Waals surface area (Å²) in [5.41, 5.74) is -2.00. The van der Waals surface area contributed by atoms with Gasteiger partial charge in [-0.05, 0) is 101 Å². The average molecular weight is 688 g/mol. The third kappa shape index (κ3) is 5.85. The molecule has 1 aliphatic heterocycles. The molecule has 5 rings (SSSR count). The first-order valence-corrected chi connectivity index (χ1v) is 18.8. The molecule has 0 aromatic carbocycles. The molecule has 5 aliphatic rings. The van der Waals surface area contributed by atoms with Crippen molar-refractivity contribution in [2.24, 2.45) is 56.7 Å². The number of carboxylic acid groups (broad SMARTS) is 1. The Labute approximate surface area is 295 Å². The number of hydrogen-bond donors (Lipinski definition) is 1. The van der Waals surface area contributed by atoms with E-state index in [0.29, 0.717) is 38.8 Å². The predicted octanol–water partition coefficient (Wildman–Crippen LogP) is 6.43. The number of rotatable bonds is 11. The topological polar surface area (TPSA) is 112 Å². The molecule has 9 heteroatoms. The Bertz CT molecular complexity index is 1330. The van der Waals surface area contributed by atoms with E-state index in [0.717, 1.165) is 31.3 Å². The molecule has 9 nitrogen and oxygen atoms in total. The normalized spacial score (nSPS) is 43.0. The van der Waals surface area contributed by atoms with Gasteiger partial charge in [0, 0.05) is 23.2 Å². The van der Waals surface area contributed by atoms with E-state index in [1.54, 1.807) is 0 Å². The minimum Gasteiger partial charge on any atom is -0.481 e. The molecule has 0 aromatic heterocycles. The number of ether oxygens (including phenoxy) is 4. The van der Waals surface area contributed by atoms with Crippen LogP contribution in [0.1, 0.15) is 101 Å². The van der Waals surface area contributed by atoms with Crippen molar-refractivity contribution < 1.29 is 38.4 Å². The number of carbonyl (C=O) groups is 3. The van der Waals surface area contributed by atoms with Crippen LogP contribution in [0.15, 0.2) is 11.6 Å². The summed E-state index contributed by atoms with van der Waals surface area (Å²) in [5, 5.41) is 11.0. The van der Waals surface area contributed by atoms with Gasteiger partial charge in [-0.1, -0.05) is 54.0 Å². The fourth-order valence-corrected chi connectivity index (χ4v) is 11.8. The van der Waals surface area contributed by atoms with E-state index in [1.807, 2.05) is 40.9 Å². The SMILES string of the molecule is CC(=O)O[C@@H]1C[C@@]23COCC(C)([C@H]1OCC(COC(C)C)N(C)C)[C@@H]2CC[C@H]1C3=CC(=O)[C@@]2(C)[C@H](C(=O)O)[C@@](C)([C@H](C)C(C)C)CC[C@]12C. The highest BCUT2D eigenvalue weighted by atomic mass is 16.6.